The van der Waals surface area contributed by atoms with Crippen LogP contribution in [-0.2, 0) is 6.54 Å². The lowest BCUT2D eigenvalue weighted by atomic mass is 10.1. The molecule has 4 nitrogen and oxygen atoms in total. The molecule has 1 aromatic heterocycles. The van der Waals surface area contributed by atoms with Gasteiger partial charge in [-0.05, 0) is 30.3 Å². The van der Waals surface area contributed by atoms with E-state index in [1.165, 1.54) is 6.33 Å². The predicted octanol–water partition coefficient (Wildman–Crippen LogP) is 4.71. The second kappa shape index (κ2) is 6.96. The fourth-order valence-electron chi connectivity index (χ4n) is 2.38. The smallest absolute Gasteiger partial charge is 0.140 e. The molecule has 0 aliphatic rings. The van der Waals surface area contributed by atoms with Crippen molar-refractivity contribution in [3.05, 3.63) is 76.7 Å². The van der Waals surface area contributed by atoms with E-state index in [4.69, 9.17) is 28.9 Å². The molecule has 2 N–H and O–H groups in total. The third kappa shape index (κ3) is 3.29. The molecule has 0 atom stereocenters. The van der Waals surface area contributed by atoms with Crippen molar-refractivity contribution in [2.45, 2.75) is 6.54 Å². The molecule has 2 aromatic carbocycles. The predicted molar refractivity (Wildman–Crippen MR) is 94.6 cm³/mol. The normalized spacial score (nSPS) is 10.6. The van der Waals surface area contributed by atoms with Gasteiger partial charge in [0.25, 0.3) is 0 Å². The number of anilines is 3. The topological polar surface area (TPSA) is 55.0 Å². The van der Waals surface area contributed by atoms with E-state index in [1.807, 2.05) is 47.4 Å². The van der Waals surface area contributed by atoms with Crippen molar-refractivity contribution in [2.24, 2.45) is 5.73 Å². The third-order valence-electron chi connectivity index (χ3n) is 3.39. The Labute approximate surface area is 144 Å². The van der Waals surface area contributed by atoms with Crippen LogP contribution in [0.25, 0.3) is 0 Å². The highest BCUT2D eigenvalue weighted by atomic mass is 35.5. The van der Waals surface area contributed by atoms with E-state index in [2.05, 4.69) is 9.97 Å². The Morgan fingerprint density at radius 3 is 2.48 bits per heavy atom. The van der Waals surface area contributed by atoms with Crippen LogP contribution < -0.4 is 10.6 Å². The van der Waals surface area contributed by atoms with E-state index in [1.54, 1.807) is 12.3 Å². The molecule has 0 bridgehead atoms. The molecule has 0 radical (unpaired) electrons. The first-order chi connectivity index (χ1) is 11.2. The van der Waals surface area contributed by atoms with Gasteiger partial charge in [-0.3, -0.25) is 4.90 Å². The Hall–Kier alpha value is -2.14. The number of benzene rings is 2. The van der Waals surface area contributed by atoms with Gasteiger partial charge >= 0.3 is 0 Å². The molecule has 0 amide bonds. The van der Waals surface area contributed by atoms with Gasteiger partial charge in [-0.2, -0.15) is 0 Å². The Morgan fingerprint density at radius 2 is 1.83 bits per heavy atom. The number of hydrogen-bond donors (Lipinski definition) is 1. The molecule has 3 rings (SSSR count). The molecule has 0 spiro atoms. The third-order valence-corrected chi connectivity index (χ3v) is 3.95. The molecule has 0 fully saturated rings. The second-order valence-electron chi connectivity index (χ2n) is 4.83. The molecule has 3 aromatic rings. The molecule has 0 saturated heterocycles. The number of rotatable bonds is 4. The Kier molecular flexibility index (Phi) is 4.76. The summed E-state index contributed by atoms with van der Waals surface area (Å²) in [6, 6.07) is 15.2. The summed E-state index contributed by atoms with van der Waals surface area (Å²) in [4.78, 5) is 10.3. The number of aromatic nitrogens is 2. The van der Waals surface area contributed by atoms with E-state index in [0.29, 0.717) is 22.4 Å². The van der Waals surface area contributed by atoms with Gasteiger partial charge < -0.3 is 5.73 Å². The van der Waals surface area contributed by atoms with Crippen LogP contribution in [-0.4, -0.2) is 9.97 Å². The summed E-state index contributed by atoms with van der Waals surface area (Å²) >= 11 is 12.5. The lowest BCUT2D eigenvalue weighted by molar-refractivity contribution is 1.04. The summed E-state index contributed by atoms with van der Waals surface area (Å²) in [5, 5.41) is 1.07. The van der Waals surface area contributed by atoms with Crippen LogP contribution in [0.3, 0.4) is 0 Å². The molecular weight excluding hydrogens is 331 g/mol. The number of para-hydroxylation sites is 1. The van der Waals surface area contributed by atoms with Crippen molar-refractivity contribution in [3.63, 3.8) is 0 Å². The summed E-state index contributed by atoms with van der Waals surface area (Å²) < 4.78 is 0. The van der Waals surface area contributed by atoms with E-state index in [0.717, 1.165) is 16.9 Å². The molecule has 116 valence electrons. The maximum atomic E-state index is 6.33. The van der Waals surface area contributed by atoms with Gasteiger partial charge in [0.05, 0.1) is 5.69 Å². The van der Waals surface area contributed by atoms with E-state index in [-0.39, 0.29) is 0 Å². The van der Waals surface area contributed by atoms with Gasteiger partial charge in [0, 0.05) is 34.0 Å². The first-order valence-electron chi connectivity index (χ1n) is 7.00. The summed E-state index contributed by atoms with van der Waals surface area (Å²) in [6.45, 7) is 0.291. The van der Waals surface area contributed by atoms with Gasteiger partial charge in [-0.25, -0.2) is 9.97 Å². The minimum Gasteiger partial charge on any atom is -0.326 e. The van der Waals surface area contributed by atoms with Crippen molar-refractivity contribution in [3.8, 4) is 0 Å². The fourth-order valence-corrected chi connectivity index (χ4v) is 2.94. The largest absolute Gasteiger partial charge is 0.326 e. The first kappa shape index (κ1) is 15.7. The average Bonchev–Trinajstić information content (AvgIpc) is 2.57. The molecule has 1 heterocycles. The number of nitrogens with zero attached hydrogens (tertiary/aromatic N) is 3. The lowest BCUT2D eigenvalue weighted by Gasteiger charge is -2.26. The molecular formula is C17H14Cl2N4. The van der Waals surface area contributed by atoms with Crippen LogP contribution in [0.15, 0.2) is 61.1 Å². The quantitative estimate of drug-likeness (QED) is 0.744. The Bertz CT molecular complexity index is 755. The summed E-state index contributed by atoms with van der Waals surface area (Å²) in [5.74, 6) is 0.708. The van der Waals surface area contributed by atoms with Crippen molar-refractivity contribution in [1.29, 1.82) is 0 Å². The summed E-state index contributed by atoms with van der Waals surface area (Å²) in [6.07, 6.45) is 3.19. The maximum absolute atomic E-state index is 6.33. The van der Waals surface area contributed by atoms with Crippen molar-refractivity contribution < 1.29 is 0 Å². The molecule has 0 saturated carbocycles. The van der Waals surface area contributed by atoms with Gasteiger partial charge in [-0.1, -0.05) is 41.4 Å². The van der Waals surface area contributed by atoms with Gasteiger partial charge in [0.15, 0.2) is 0 Å². The molecule has 23 heavy (non-hydrogen) atoms. The Balaban J connectivity index is 2.25. The molecule has 6 heteroatoms. The van der Waals surface area contributed by atoms with Crippen LogP contribution in [0, 0.1) is 0 Å². The highest BCUT2D eigenvalue weighted by Crippen LogP contribution is 2.39. The van der Waals surface area contributed by atoms with Crippen LogP contribution >= 0.6 is 23.2 Å². The van der Waals surface area contributed by atoms with E-state index < -0.39 is 0 Å². The van der Waals surface area contributed by atoms with Crippen LogP contribution in [0.2, 0.25) is 10.0 Å². The van der Waals surface area contributed by atoms with Crippen molar-refractivity contribution in [1.82, 2.24) is 9.97 Å². The average molecular weight is 345 g/mol. The molecule has 0 aliphatic heterocycles. The minimum atomic E-state index is 0.291. The van der Waals surface area contributed by atoms with Crippen molar-refractivity contribution >= 4 is 40.4 Å². The second-order valence-corrected chi connectivity index (χ2v) is 5.67. The summed E-state index contributed by atoms with van der Waals surface area (Å²) in [5.41, 5.74) is 8.44. The number of hydrogen-bond acceptors (Lipinski definition) is 4. The minimum absolute atomic E-state index is 0.291. The zero-order valence-corrected chi connectivity index (χ0v) is 13.7. The maximum Gasteiger partial charge on any atom is 0.140 e. The van der Waals surface area contributed by atoms with Crippen LogP contribution in [0.5, 0.6) is 0 Å². The molecule has 0 unspecified atom stereocenters. The number of nitrogens with two attached hydrogens (primary N) is 1. The number of halogens is 2. The van der Waals surface area contributed by atoms with Gasteiger partial charge in [0.1, 0.15) is 12.1 Å². The zero-order chi connectivity index (χ0) is 16.2. The van der Waals surface area contributed by atoms with Crippen molar-refractivity contribution in [2.75, 3.05) is 4.90 Å². The van der Waals surface area contributed by atoms with Crippen LogP contribution in [0.1, 0.15) is 5.56 Å². The lowest BCUT2D eigenvalue weighted by Crippen LogP contribution is -2.15. The Morgan fingerprint density at radius 1 is 1.04 bits per heavy atom. The summed E-state index contributed by atoms with van der Waals surface area (Å²) in [7, 11) is 0. The fraction of sp³-hybridized carbons (Fsp3) is 0.0588. The first-order valence-corrected chi connectivity index (χ1v) is 7.75. The highest BCUT2D eigenvalue weighted by Gasteiger charge is 2.19. The zero-order valence-electron chi connectivity index (χ0n) is 12.2. The monoisotopic (exact) mass is 344 g/mol. The highest BCUT2D eigenvalue weighted by molar-refractivity contribution is 6.35. The SMILES string of the molecule is NCc1c(Cl)cc(Cl)cc1N(c1ccccc1)c1ccncn1. The van der Waals surface area contributed by atoms with Gasteiger partial charge in [-0.15, -0.1) is 0 Å². The van der Waals surface area contributed by atoms with E-state index in [9.17, 15) is 0 Å². The standard InChI is InChI=1S/C17H14Cl2N4/c18-12-8-15(19)14(10-20)16(9-12)23(13-4-2-1-3-5-13)17-6-7-21-11-22-17/h1-9,11H,10,20H2. The van der Waals surface area contributed by atoms with Crippen LogP contribution in [0.4, 0.5) is 17.2 Å². The van der Waals surface area contributed by atoms with E-state index >= 15 is 0 Å². The molecule has 0 aliphatic carbocycles. The van der Waals surface area contributed by atoms with Gasteiger partial charge in [0.2, 0.25) is 0 Å².